The van der Waals surface area contributed by atoms with Crippen molar-refractivity contribution in [2.24, 2.45) is 0 Å². The number of benzene rings is 1. The number of rotatable bonds is 4. The predicted octanol–water partition coefficient (Wildman–Crippen LogP) is 1.53. The molecule has 108 valence electrons. The largest absolute Gasteiger partial charge is 0.478 e. The molecule has 2 aromatic rings. The Hall–Kier alpha value is -3.37. The maximum atomic E-state index is 13.5. The molecular weight excluding hydrogens is 291 g/mol. The number of carboxylic acid groups (broad SMARTS) is 1. The summed E-state index contributed by atoms with van der Waals surface area (Å²) in [7, 11) is 0. The molecule has 0 bridgehead atoms. The predicted molar refractivity (Wildman–Crippen MR) is 63.8 cm³/mol. The van der Waals surface area contributed by atoms with Gasteiger partial charge in [-0.05, 0) is 11.0 Å². The number of hydrogen-bond acceptors (Lipinski definition) is 6. The summed E-state index contributed by atoms with van der Waals surface area (Å²) in [5.41, 5.74) is -1.98. The topological polar surface area (TPSA) is 141 Å². The summed E-state index contributed by atoms with van der Waals surface area (Å²) >= 11 is 0. The molecule has 0 amide bonds. The van der Waals surface area contributed by atoms with Crippen LogP contribution in [0.5, 0.6) is 0 Å². The molecule has 0 atom stereocenters. The quantitative estimate of drug-likeness (QED) is 0.665. The van der Waals surface area contributed by atoms with Crippen LogP contribution in [0.15, 0.2) is 24.4 Å². The van der Waals surface area contributed by atoms with E-state index in [1.165, 1.54) is 0 Å². The van der Waals surface area contributed by atoms with E-state index in [2.05, 4.69) is 5.10 Å². The van der Waals surface area contributed by atoms with Gasteiger partial charge in [0.2, 0.25) is 0 Å². The maximum absolute atomic E-state index is 13.5. The minimum atomic E-state index is -1.63. The molecule has 1 aromatic heterocycles. The van der Waals surface area contributed by atoms with E-state index >= 15 is 0 Å². The van der Waals surface area contributed by atoms with Crippen molar-refractivity contribution in [2.75, 3.05) is 0 Å². The van der Waals surface area contributed by atoms with E-state index in [0.29, 0.717) is 12.1 Å². The Balaban J connectivity index is 2.69. The zero-order valence-electron chi connectivity index (χ0n) is 9.96. The second kappa shape index (κ2) is 4.96. The molecule has 0 aliphatic heterocycles. The fraction of sp³-hybridized carbons (Fsp3) is 0. The third-order valence-corrected chi connectivity index (χ3v) is 2.50. The lowest BCUT2D eigenvalue weighted by Crippen LogP contribution is -2.07. The minimum absolute atomic E-state index is 0.396. The molecule has 0 spiro atoms. The van der Waals surface area contributed by atoms with Crippen LogP contribution in [0.2, 0.25) is 0 Å². The number of nitro benzene ring substituents is 1. The van der Waals surface area contributed by atoms with Crippen LogP contribution in [0, 0.1) is 26.0 Å². The summed E-state index contributed by atoms with van der Waals surface area (Å²) in [6, 6.07) is 2.08. The summed E-state index contributed by atoms with van der Waals surface area (Å²) in [6.07, 6.45) is 1.03. The van der Waals surface area contributed by atoms with Crippen molar-refractivity contribution >= 4 is 17.5 Å². The monoisotopic (exact) mass is 296 g/mol. The first-order chi connectivity index (χ1) is 9.81. The number of aromatic nitrogens is 2. The maximum Gasteiger partial charge on any atom is 0.390 e. The third kappa shape index (κ3) is 2.51. The molecule has 0 aliphatic rings. The second-order valence-electron chi connectivity index (χ2n) is 3.76. The number of nitro groups is 2. The third-order valence-electron chi connectivity index (χ3n) is 2.50. The summed E-state index contributed by atoms with van der Waals surface area (Å²) in [4.78, 5) is 30.5. The Morgan fingerprint density at radius 2 is 1.95 bits per heavy atom. The van der Waals surface area contributed by atoms with Crippen molar-refractivity contribution in [1.29, 1.82) is 0 Å². The number of aromatic carboxylic acids is 1. The van der Waals surface area contributed by atoms with Crippen LogP contribution in [0.3, 0.4) is 0 Å². The SMILES string of the molecule is O=C(O)c1cc(-n2ccc([N+](=O)[O-])n2)c([N+](=O)[O-])cc1F. The van der Waals surface area contributed by atoms with Crippen molar-refractivity contribution in [3.8, 4) is 5.69 Å². The van der Waals surface area contributed by atoms with Gasteiger partial charge in [0.15, 0.2) is 5.69 Å². The first-order valence-corrected chi connectivity index (χ1v) is 5.23. The number of halogens is 1. The standard InChI is InChI=1S/C10H5FN4O6/c11-6-4-8(14(18)19)7(3-5(6)10(16)17)13-2-1-9(12-13)15(20)21/h1-4H,(H,16,17). The fourth-order valence-electron chi connectivity index (χ4n) is 1.59. The zero-order valence-corrected chi connectivity index (χ0v) is 9.96. The Morgan fingerprint density at radius 3 is 2.43 bits per heavy atom. The molecule has 1 N–H and O–H groups in total. The number of nitrogens with zero attached hydrogens (tertiary/aromatic N) is 4. The highest BCUT2D eigenvalue weighted by molar-refractivity contribution is 5.89. The van der Waals surface area contributed by atoms with Gasteiger partial charge in [0.05, 0.1) is 33.9 Å². The molecule has 0 saturated carbocycles. The Morgan fingerprint density at radius 1 is 1.29 bits per heavy atom. The average Bonchev–Trinajstić information content (AvgIpc) is 2.87. The van der Waals surface area contributed by atoms with E-state index in [0.717, 1.165) is 16.9 Å². The minimum Gasteiger partial charge on any atom is -0.478 e. The highest BCUT2D eigenvalue weighted by Gasteiger charge is 2.25. The molecule has 0 fully saturated rings. The van der Waals surface area contributed by atoms with Gasteiger partial charge in [-0.3, -0.25) is 10.1 Å². The van der Waals surface area contributed by atoms with Gasteiger partial charge < -0.3 is 15.2 Å². The molecule has 2 rings (SSSR count). The molecule has 11 heteroatoms. The number of carbonyl (C=O) groups is 1. The molecule has 0 unspecified atom stereocenters. The normalized spacial score (nSPS) is 10.3. The van der Waals surface area contributed by atoms with Gasteiger partial charge in [-0.25, -0.2) is 9.18 Å². The highest BCUT2D eigenvalue weighted by atomic mass is 19.1. The summed E-state index contributed by atoms with van der Waals surface area (Å²) in [6.45, 7) is 0. The average molecular weight is 296 g/mol. The summed E-state index contributed by atoms with van der Waals surface area (Å²) in [5.74, 6) is -3.52. The first kappa shape index (κ1) is 14.0. The Labute approximate surface area is 114 Å². The summed E-state index contributed by atoms with van der Waals surface area (Å²) < 4.78 is 14.2. The lowest BCUT2D eigenvalue weighted by atomic mass is 10.1. The molecule has 0 aliphatic carbocycles. The van der Waals surface area contributed by atoms with E-state index in [-0.39, 0.29) is 0 Å². The van der Waals surface area contributed by atoms with Crippen molar-refractivity contribution < 1.29 is 24.1 Å². The van der Waals surface area contributed by atoms with Gasteiger partial charge >= 0.3 is 11.8 Å². The van der Waals surface area contributed by atoms with Crippen LogP contribution in [-0.2, 0) is 0 Å². The van der Waals surface area contributed by atoms with Crippen molar-refractivity contribution in [3.63, 3.8) is 0 Å². The molecule has 0 radical (unpaired) electrons. The van der Waals surface area contributed by atoms with Crippen molar-refractivity contribution in [3.05, 3.63) is 56.0 Å². The number of carboxylic acids is 1. The van der Waals surface area contributed by atoms with Gasteiger partial charge in [-0.15, -0.1) is 4.68 Å². The Bertz CT molecular complexity index is 771. The zero-order chi connectivity index (χ0) is 15.7. The smallest absolute Gasteiger partial charge is 0.390 e. The molecular formula is C10H5FN4O6. The van der Waals surface area contributed by atoms with Gasteiger partial charge in [-0.2, -0.15) is 0 Å². The lowest BCUT2D eigenvalue weighted by molar-refractivity contribution is -0.389. The van der Waals surface area contributed by atoms with E-state index in [9.17, 15) is 29.4 Å². The van der Waals surface area contributed by atoms with Gasteiger partial charge in [0.25, 0.3) is 5.69 Å². The van der Waals surface area contributed by atoms with Crippen LogP contribution >= 0.6 is 0 Å². The van der Waals surface area contributed by atoms with Gasteiger partial charge in [-0.1, -0.05) is 0 Å². The first-order valence-electron chi connectivity index (χ1n) is 5.23. The van der Waals surface area contributed by atoms with E-state index < -0.39 is 44.4 Å². The van der Waals surface area contributed by atoms with E-state index in [1.54, 1.807) is 0 Å². The lowest BCUT2D eigenvalue weighted by Gasteiger charge is -2.03. The molecule has 10 nitrogen and oxygen atoms in total. The summed E-state index contributed by atoms with van der Waals surface area (Å²) in [5, 5.41) is 33.7. The molecule has 0 saturated heterocycles. The Kier molecular flexibility index (Phi) is 3.32. The van der Waals surface area contributed by atoms with Crippen molar-refractivity contribution in [1.82, 2.24) is 9.78 Å². The van der Waals surface area contributed by atoms with Crippen LogP contribution in [0.4, 0.5) is 15.9 Å². The van der Waals surface area contributed by atoms with Crippen LogP contribution in [0.25, 0.3) is 5.69 Å². The van der Waals surface area contributed by atoms with Crippen molar-refractivity contribution in [2.45, 2.75) is 0 Å². The molecule has 21 heavy (non-hydrogen) atoms. The fourth-order valence-corrected chi connectivity index (χ4v) is 1.59. The van der Waals surface area contributed by atoms with Gasteiger partial charge in [0.1, 0.15) is 5.82 Å². The highest BCUT2D eigenvalue weighted by Crippen LogP contribution is 2.27. The van der Waals surface area contributed by atoms with Crippen LogP contribution in [0.1, 0.15) is 10.4 Å². The van der Waals surface area contributed by atoms with E-state index in [1.807, 2.05) is 0 Å². The molecule has 1 aromatic carbocycles. The molecule has 1 heterocycles. The number of hydrogen-bond donors (Lipinski definition) is 1. The van der Waals surface area contributed by atoms with E-state index in [4.69, 9.17) is 5.11 Å². The van der Waals surface area contributed by atoms with Gasteiger partial charge in [0, 0.05) is 0 Å². The second-order valence-corrected chi connectivity index (χ2v) is 3.76. The van der Waals surface area contributed by atoms with Crippen LogP contribution < -0.4 is 0 Å². The van der Waals surface area contributed by atoms with Crippen LogP contribution in [-0.4, -0.2) is 30.7 Å².